The van der Waals surface area contributed by atoms with Crippen LogP contribution in [0.4, 0.5) is 17.1 Å². The summed E-state index contributed by atoms with van der Waals surface area (Å²) < 4.78 is 72.6. The molecule has 0 amide bonds. The van der Waals surface area contributed by atoms with Gasteiger partial charge in [0.15, 0.2) is 5.82 Å². The van der Waals surface area contributed by atoms with E-state index in [-0.39, 0.29) is 16.6 Å². The molecule has 0 unspecified atom stereocenters. The number of aryl methyl sites for hydroxylation is 1. The van der Waals surface area contributed by atoms with E-state index in [1.807, 2.05) is 4.98 Å². The molecule has 1 aromatic carbocycles. The van der Waals surface area contributed by atoms with Crippen LogP contribution in [0.2, 0.25) is 0 Å². The molecule has 0 atom stereocenters. The van der Waals surface area contributed by atoms with Crippen LogP contribution >= 0.6 is 0 Å². The van der Waals surface area contributed by atoms with Crippen LogP contribution in [0.1, 0.15) is 11.4 Å². The van der Waals surface area contributed by atoms with E-state index >= 15 is 0 Å². The highest BCUT2D eigenvalue weighted by Crippen LogP contribution is 2.35. The number of alkyl halides is 2. The number of halogens is 4. The minimum Gasteiger partial charge on any atom is -0.336 e. The first-order valence-corrected chi connectivity index (χ1v) is 6.00. The van der Waals surface area contributed by atoms with Crippen LogP contribution in [-0.2, 0) is 15.5 Å². The van der Waals surface area contributed by atoms with Crippen molar-refractivity contribution in [2.24, 2.45) is 0 Å². The average molecular weight is 282 g/mol. The molecule has 0 bridgehead atoms. The van der Waals surface area contributed by atoms with Crippen molar-refractivity contribution in [3.63, 3.8) is 0 Å². The summed E-state index contributed by atoms with van der Waals surface area (Å²) in [4.78, 5) is 5.21. The Morgan fingerprint density at radius 2 is 1.94 bits per heavy atom. The second kappa shape index (κ2) is 3.67. The molecule has 1 aromatic heterocycles. The van der Waals surface area contributed by atoms with Crippen molar-refractivity contribution < 1.29 is 25.5 Å². The predicted octanol–water partition coefficient (Wildman–Crippen LogP) is 2.36. The number of nitrogens with zero attached hydrogens (tertiary/aromatic N) is 1. The Balaban J connectivity index is 2.73. The topological polar surface area (TPSA) is 62.8 Å². The average Bonchev–Trinajstić information content (AvgIpc) is 2.67. The smallest absolute Gasteiger partial charge is 0.336 e. The van der Waals surface area contributed by atoms with E-state index in [1.165, 1.54) is 6.92 Å². The van der Waals surface area contributed by atoms with E-state index in [1.54, 1.807) is 0 Å². The molecule has 2 rings (SSSR count). The van der Waals surface area contributed by atoms with Crippen LogP contribution in [-0.4, -0.2) is 18.4 Å². The lowest BCUT2D eigenvalue weighted by Crippen LogP contribution is -2.23. The largest absolute Gasteiger partial charge is 0.430 e. The Kier molecular flexibility index (Phi) is 2.61. The molecule has 18 heavy (non-hydrogen) atoms. The van der Waals surface area contributed by atoms with Gasteiger partial charge in [-0.25, -0.2) is 9.37 Å². The van der Waals surface area contributed by atoms with E-state index in [4.69, 9.17) is 0 Å². The summed E-state index contributed by atoms with van der Waals surface area (Å²) in [5.41, 5.74) is -0.220. The zero-order valence-corrected chi connectivity index (χ0v) is 9.66. The summed E-state index contributed by atoms with van der Waals surface area (Å²) >= 11 is 0. The van der Waals surface area contributed by atoms with Crippen molar-refractivity contribution in [2.75, 3.05) is 0 Å². The molecule has 0 aliphatic carbocycles. The fourth-order valence-electron chi connectivity index (χ4n) is 1.44. The number of fused-ring (bicyclic) bond motifs is 1. The molecule has 0 radical (unpaired) electrons. The van der Waals surface area contributed by atoms with Gasteiger partial charge in [-0.15, -0.1) is 0 Å². The number of rotatable bonds is 2. The van der Waals surface area contributed by atoms with Crippen LogP contribution in [0.5, 0.6) is 0 Å². The highest BCUT2D eigenvalue weighted by Gasteiger charge is 2.50. The Hall–Kier alpha value is -1.64. The molecule has 0 saturated heterocycles. The lowest BCUT2D eigenvalue weighted by molar-refractivity contribution is 0.0755. The third kappa shape index (κ3) is 1.74. The number of imidazole rings is 1. The maximum Gasteiger partial charge on any atom is 0.430 e. The number of benzene rings is 1. The van der Waals surface area contributed by atoms with Gasteiger partial charge in [-0.2, -0.15) is 17.2 Å². The van der Waals surface area contributed by atoms with Crippen LogP contribution in [0, 0.1) is 12.7 Å². The molecule has 4 nitrogen and oxygen atoms in total. The van der Waals surface area contributed by atoms with E-state index < -0.39 is 27.1 Å². The summed E-state index contributed by atoms with van der Waals surface area (Å²) in [6.45, 7) is 1.28. The molecule has 0 saturated carbocycles. The first kappa shape index (κ1) is 12.8. The van der Waals surface area contributed by atoms with Crippen molar-refractivity contribution in [1.29, 1.82) is 0 Å². The van der Waals surface area contributed by atoms with Crippen LogP contribution in [0.25, 0.3) is 11.0 Å². The lowest BCUT2D eigenvalue weighted by atomic mass is 10.2. The molecule has 2 aromatic rings. The van der Waals surface area contributed by atoms with Gasteiger partial charge in [0.25, 0.3) is 0 Å². The number of aromatic nitrogens is 2. The van der Waals surface area contributed by atoms with Crippen molar-refractivity contribution in [3.05, 3.63) is 29.3 Å². The monoisotopic (exact) mass is 282 g/mol. The molecular formula is C9H6F4N2O2S. The van der Waals surface area contributed by atoms with Gasteiger partial charge < -0.3 is 4.98 Å². The summed E-state index contributed by atoms with van der Waals surface area (Å²) in [7, 11) is -6.15. The van der Waals surface area contributed by atoms with Crippen LogP contribution in [0.15, 0.2) is 12.1 Å². The van der Waals surface area contributed by atoms with Crippen molar-refractivity contribution in [3.8, 4) is 0 Å². The fourth-order valence-corrected chi connectivity index (χ4v) is 1.77. The first-order valence-electron chi connectivity index (χ1n) is 4.62. The Morgan fingerprint density at radius 3 is 2.50 bits per heavy atom. The lowest BCUT2D eigenvalue weighted by Gasteiger charge is -2.06. The Bertz CT molecular complexity index is 723. The SMILES string of the molecule is Cc1c(F)ccc2[nH]c(C(F)(F)S(=O)(=O)F)nc12. The molecule has 0 aliphatic rings. The van der Waals surface area contributed by atoms with Gasteiger partial charge in [0, 0.05) is 5.56 Å². The van der Waals surface area contributed by atoms with E-state index in [0.717, 1.165) is 12.1 Å². The highest BCUT2D eigenvalue weighted by molar-refractivity contribution is 7.87. The summed E-state index contributed by atoms with van der Waals surface area (Å²) in [5.74, 6) is -2.07. The molecular weight excluding hydrogens is 276 g/mol. The molecule has 1 N–H and O–H groups in total. The standard InChI is InChI=1S/C9H6F4N2O2S/c1-4-5(10)2-3-6-7(4)15-8(14-6)9(11,12)18(13,16)17/h2-3H,1H3,(H,14,15). The highest BCUT2D eigenvalue weighted by atomic mass is 32.3. The third-order valence-corrected chi connectivity index (χ3v) is 3.23. The second-order valence-corrected chi connectivity index (χ2v) is 5.00. The van der Waals surface area contributed by atoms with Crippen molar-refractivity contribution >= 4 is 21.3 Å². The third-order valence-electron chi connectivity index (χ3n) is 2.42. The second-order valence-electron chi connectivity index (χ2n) is 3.61. The van der Waals surface area contributed by atoms with Gasteiger partial charge in [0.05, 0.1) is 11.0 Å². The zero-order valence-electron chi connectivity index (χ0n) is 8.84. The van der Waals surface area contributed by atoms with Crippen LogP contribution in [0.3, 0.4) is 0 Å². The van der Waals surface area contributed by atoms with Gasteiger partial charge in [0.2, 0.25) is 0 Å². The van der Waals surface area contributed by atoms with Gasteiger partial charge in [-0.1, -0.05) is 3.89 Å². The molecule has 0 spiro atoms. The summed E-state index contributed by atoms with van der Waals surface area (Å²) in [5, 5.41) is -4.80. The van der Waals surface area contributed by atoms with E-state index in [2.05, 4.69) is 4.98 Å². The summed E-state index contributed by atoms with van der Waals surface area (Å²) in [6, 6.07) is 2.11. The number of hydrogen-bond acceptors (Lipinski definition) is 3. The Labute approximate surface area is 98.9 Å². The first-order chi connectivity index (χ1) is 8.14. The quantitative estimate of drug-likeness (QED) is 0.679. The van der Waals surface area contributed by atoms with Gasteiger partial charge in [0.1, 0.15) is 5.82 Å². The van der Waals surface area contributed by atoms with Gasteiger partial charge in [-0.05, 0) is 19.1 Å². The molecule has 9 heteroatoms. The summed E-state index contributed by atoms with van der Waals surface area (Å²) in [6.07, 6.45) is 0. The predicted molar refractivity (Wildman–Crippen MR) is 54.7 cm³/mol. The molecule has 98 valence electrons. The van der Waals surface area contributed by atoms with Crippen molar-refractivity contribution in [2.45, 2.75) is 12.2 Å². The number of hydrogen-bond donors (Lipinski definition) is 1. The minimum absolute atomic E-state index is 0.00720. The van der Waals surface area contributed by atoms with E-state index in [9.17, 15) is 25.5 Å². The number of aromatic amines is 1. The fraction of sp³-hybridized carbons (Fsp3) is 0.222. The maximum atomic E-state index is 13.2. The molecule has 0 fully saturated rings. The zero-order chi connectivity index (χ0) is 13.7. The minimum atomic E-state index is -6.15. The van der Waals surface area contributed by atoms with Gasteiger partial charge >= 0.3 is 15.5 Å². The molecule has 0 aliphatic heterocycles. The van der Waals surface area contributed by atoms with Gasteiger partial charge in [-0.3, -0.25) is 0 Å². The maximum absolute atomic E-state index is 13.2. The van der Waals surface area contributed by atoms with E-state index in [0.29, 0.717) is 0 Å². The number of H-pyrrole nitrogens is 1. The number of nitrogens with one attached hydrogen (secondary N) is 1. The Morgan fingerprint density at radius 1 is 1.33 bits per heavy atom. The van der Waals surface area contributed by atoms with Crippen molar-refractivity contribution in [1.82, 2.24) is 9.97 Å². The molecule has 1 heterocycles. The van der Waals surface area contributed by atoms with Crippen LogP contribution < -0.4 is 0 Å². The normalized spacial score (nSPS) is 13.2.